The maximum atomic E-state index is 14.9. The third-order valence-corrected chi connectivity index (χ3v) is 5.32. The first-order chi connectivity index (χ1) is 12.9. The molecule has 1 aromatic heterocycles. The van der Waals surface area contributed by atoms with Crippen LogP contribution in [0.1, 0.15) is 19.8 Å². The van der Waals surface area contributed by atoms with Crippen LogP contribution in [0, 0.1) is 18.2 Å². The Morgan fingerprint density at radius 1 is 1.30 bits per heavy atom. The summed E-state index contributed by atoms with van der Waals surface area (Å²) in [4.78, 5) is 26.6. The van der Waals surface area contributed by atoms with Crippen LogP contribution in [0.15, 0.2) is 16.9 Å². The van der Waals surface area contributed by atoms with E-state index in [9.17, 15) is 14.0 Å². The number of aromatic nitrogens is 2. The second-order valence-electron chi connectivity index (χ2n) is 6.61. The fourth-order valence-electron chi connectivity index (χ4n) is 3.63. The van der Waals surface area contributed by atoms with Crippen molar-refractivity contribution in [2.45, 2.75) is 39.0 Å². The van der Waals surface area contributed by atoms with Gasteiger partial charge in [0, 0.05) is 24.7 Å². The number of carbonyl (C=O) groups is 1. The van der Waals surface area contributed by atoms with Gasteiger partial charge in [-0.25, -0.2) is 9.07 Å². The largest absolute Gasteiger partial charge is 0.479 e. The number of anilines is 1. The molecule has 140 valence electrons. The van der Waals surface area contributed by atoms with Crippen molar-refractivity contribution in [2.75, 3.05) is 11.4 Å². The van der Waals surface area contributed by atoms with Crippen molar-refractivity contribution >= 4 is 23.2 Å². The number of terminal acetylenes is 1. The van der Waals surface area contributed by atoms with E-state index in [-0.39, 0.29) is 40.0 Å². The second kappa shape index (κ2) is 6.46. The summed E-state index contributed by atoms with van der Waals surface area (Å²) in [6.07, 6.45) is 6.37. The zero-order valence-corrected chi connectivity index (χ0v) is 15.4. The lowest BCUT2D eigenvalue weighted by atomic mass is 10.0. The molecule has 0 spiro atoms. The van der Waals surface area contributed by atoms with E-state index in [1.807, 2.05) is 0 Å². The molecule has 8 heteroatoms. The van der Waals surface area contributed by atoms with Crippen LogP contribution in [0.25, 0.3) is 11.1 Å². The van der Waals surface area contributed by atoms with Gasteiger partial charge in [0.15, 0.2) is 6.10 Å². The first kappa shape index (κ1) is 17.7. The Balaban J connectivity index is 1.92. The van der Waals surface area contributed by atoms with E-state index in [1.165, 1.54) is 21.7 Å². The Hall–Kier alpha value is -2.72. The first-order valence-corrected chi connectivity index (χ1v) is 9.06. The summed E-state index contributed by atoms with van der Waals surface area (Å²) in [5.41, 5.74) is 0.104. The number of fused-ring (bicyclic) bond motifs is 2. The molecule has 1 amide bonds. The first-order valence-electron chi connectivity index (χ1n) is 8.68. The maximum absolute atomic E-state index is 14.9. The Morgan fingerprint density at radius 2 is 2.00 bits per heavy atom. The molecule has 0 fully saturated rings. The van der Waals surface area contributed by atoms with Gasteiger partial charge in [-0.1, -0.05) is 17.5 Å². The SMILES string of the molecule is C#CCN1C(=O)C(C)Oc2cc(F)c(-c3c(Cl)n4n(c3=O)CCCC4)cc21. The normalized spacial score (nSPS) is 18.5. The highest BCUT2D eigenvalue weighted by molar-refractivity contribution is 6.32. The van der Waals surface area contributed by atoms with Crippen LogP contribution in [0.3, 0.4) is 0 Å². The number of ether oxygens (including phenoxy) is 1. The van der Waals surface area contributed by atoms with E-state index in [2.05, 4.69) is 5.92 Å². The van der Waals surface area contributed by atoms with E-state index >= 15 is 0 Å². The molecule has 0 bridgehead atoms. The van der Waals surface area contributed by atoms with E-state index in [4.69, 9.17) is 22.8 Å². The molecular weight excluding hydrogens is 373 g/mol. The fourth-order valence-corrected chi connectivity index (χ4v) is 3.98. The molecular formula is C19H17ClFN3O3. The van der Waals surface area contributed by atoms with Crippen molar-refractivity contribution in [1.82, 2.24) is 9.36 Å². The summed E-state index contributed by atoms with van der Waals surface area (Å²) in [5.74, 6) is 1.67. The molecule has 4 rings (SSSR count). The molecule has 1 unspecified atom stereocenters. The summed E-state index contributed by atoms with van der Waals surface area (Å²) in [6.45, 7) is 2.73. The fraction of sp³-hybridized carbons (Fsp3) is 0.368. The van der Waals surface area contributed by atoms with Gasteiger partial charge >= 0.3 is 0 Å². The quantitative estimate of drug-likeness (QED) is 0.742. The average Bonchev–Trinajstić information content (AvgIpc) is 2.90. The van der Waals surface area contributed by atoms with Gasteiger partial charge < -0.3 is 4.74 Å². The van der Waals surface area contributed by atoms with Gasteiger partial charge in [-0.3, -0.25) is 19.2 Å². The summed E-state index contributed by atoms with van der Waals surface area (Å²) < 4.78 is 23.6. The van der Waals surface area contributed by atoms with Gasteiger partial charge in [-0.2, -0.15) is 0 Å². The lowest BCUT2D eigenvalue weighted by Crippen LogP contribution is -2.44. The molecule has 0 saturated heterocycles. The molecule has 2 aliphatic rings. The van der Waals surface area contributed by atoms with Crippen LogP contribution < -0.4 is 15.2 Å². The Bertz CT molecular complexity index is 1050. The predicted molar refractivity (Wildman–Crippen MR) is 99.6 cm³/mol. The highest BCUT2D eigenvalue weighted by Gasteiger charge is 2.33. The summed E-state index contributed by atoms with van der Waals surface area (Å²) in [6, 6.07) is 2.59. The number of rotatable bonds is 2. The number of benzene rings is 1. The Kier molecular flexibility index (Phi) is 4.23. The average molecular weight is 390 g/mol. The number of amides is 1. The minimum absolute atomic E-state index is 0.0174. The van der Waals surface area contributed by atoms with Crippen LogP contribution in [0.2, 0.25) is 5.15 Å². The zero-order chi connectivity index (χ0) is 19.3. The van der Waals surface area contributed by atoms with Gasteiger partial charge in [0.25, 0.3) is 11.5 Å². The lowest BCUT2D eigenvalue weighted by molar-refractivity contribution is -0.125. The topological polar surface area (TPSA) is 56.5 Å². The second-order valence-corrected chi connectivity index (χ2v) is 6.97. The van der Waals surface area contributed by atoms with Gasteiger partial charge in [0.1, 0.15) is 16.7 Å². The monoisotopic (exact) mass is 389 g/mol. The molecule has 27 heavy (non-hydrogen) atoms. The number of halogens is 2. The molecule has 0 N–H and O–H groups in total. The highest BCUT2D eigenvalue weighted by Crippen LogP contribution is 2.40. The molecule has 2 aromatic rings. The number of nitrogens with zero attached hydrogens (tertiary/aromatic N) is 3. The van der Waals surface area contributed by atoms with E-state index in [0.717, 1.165) is 12.8 Å². The van der Waals surface area contributed by atoms with Crippen molar-refractivity contribution in [3.63, 3.8) is 0 Å². The zero-order valence-electron chi connectivity index (χ0n) is 14.7. The van der Waals surface area contributed by atoms with Gasteiger partial charge in [-0.15, -0.1) is 6.42 Å². The molecule has 0 saturated carbocycles. The third kappa shape index (κ3) is 2.63. The van der Waals surface area contributed by atoms with Crippen LogP contribution in [0.5, 0.6) is 5.75 Å². The maximum Gasteiger partial charge on any atom is 0.276 e. The van der Waals surface area contributed by atoms with E-state index < -0.39 is 11.9 Å². The highest BCUT2D eigenvalue weighted by atomic mass is 35.5. The van der Waals surface area contributed by atoms with Crippen LogP contribution in [-0.2, 0) is 17.9 Å². The molecule has 0 aliphatic carbocycles. The molecule has 1 atom stereocenters. The third-order valence-electron chi connectivity index (χ3n) is 4.94. The van der Waals surface area contributed by atoms with Crippen molar-refractivity contribution in [3.8, 4) is 29.2 Å². The molecule has 3 heterocycles. The van der Waals surface area contributed by atoms with Gasteiger partial charge in [0.05, 0.1) is 17.8 Å². The van der Waals surface area contributed by atoms with Crippen molar-refractivity contribution < 1.29 is 13.9 Å². The van der Waals surface area contributed by atoms with Crippen molar-refractivity contribution in [3.05, 3.63) is 33.5 Å². The van der Waals surface area contributed by atoms with Crippen molar-refractivity contribution in [1.29, 1.82) is 0 Å². The summed E-state index contributed by atoms with van der Waals surface area (Å²) >= 11 is 6.42. The van der Waals surface area contributed by atoms with Gasteiger partial charge in [-0.05, 0) is 25.8 Å². The van der Waals surface area contributed by atoms with Crippen molar-refractivity contribution in [2.24, 2.45) is 0 Å². The van der Waals surface area contributed by atoms with Gasteiger partial charge in [0.2, 0.25) is 0 Å². The summed E-state index contributed by atoms with van der Waals surface area (Å²) in [7, 11) is 0. The number of hydrogen-bond donors (Lipinski definition) is 0. The number of hydrogen-bond acceptors (Lipinski definition) is 3. The number of carbonyl (C=O) groups excluding carboxylic acids is 1. The minimum Gasteiger partial charge on any atom is -0.479 e. The lowest BCUT2D eigenvalue weighted by Gasteiger charge is -2.32. The van der Waals surface area contributed by atoms with E-state index in [1.54, 1.807) is 11.6 Å². The molecule has 2 aliphatic heterocycles. The smallest absolute Gasteiger partial charge is 0.276 e. The Labute approximate surface area is 160 Å². The molecule has 1 aromatic carbocycles. The standard InChI is InChI=1S/C19H17ClFN3O3/c1-3-6-22-14-9-12(13(21)10-15(14)27-11(2)18(22)25)16-17(20)23-7-4-5-8-24(23)19(16)26/h1,9-11H,4-8H2,2H3. The Morgan fingerprint density at radius 3 is 2.67 bits per heavy atom. The van der Waals surface area contributed by atoms with E-state index in [0.29, 0.717) is 18.8 Å². The summed E-state index contributed by atoms with van der Waals surface area (Å²) in [5, 5.41) is 0.193. The van der Waals surface area contributed by atoms with Crippen LogP contribution >= 0.6 is 11.6 Å². The molecule has 6 nitrogen and oxygen atoms in total. The minimum atomic E-state index is -0.771. The molecule has 0 radical (unpaired) electrons. The van der Waals surface area contributed by atoms with Crippen LogP contribution in [-0.4, -0.2) is 27.9 Å². The predicted octanol–water partition coefficient (Wildman–Crippen LogP) is 2.65. The van der Waals surface area contributed by atoms with Crippen LogP contribution in [0.4, 0.5) is 10.1 Å².